The average molecular weight is 432 g/mol. The van der Waals surface area contributed by atoms with Crippen molar-refractivity contribution in [3.05, 3.63) is 47.5 Å². The van der Waals surface area contributed by atoms with Crippen LogP contribution in [0.3, 0.4) is 0 Å². The molecule has 2 aromatic carbocycles. The molecule has 2 rings (SSSR count). The maximum absolute atomic E-state index is 12.7. The molecule has 0 aromatic heterocycles. The van der Waals surface area contributed by atoms with Gasteiger partial charge in [-0.05, 0) is 63.3 Å². The molecule has 1 amide bonds. The number of carboxylic acids is 1. The summed E-state index contributed by atoms with van der Waals surface area (Å²) in [6.45, 7) is 6.68. The molecular formula is C21H24N2O6S. The van der Waals surface area contributed by atoms with Gasteiger partial charge in [-0.1, -0.05) is 6.07 Å². The van der Waals surface area contributed by atoms with Crippen molar-refractivity contribution in [2.45, 2.75) is 20.8 Å². The molecule has 0 unspecified atom stereocenters. The van der Waals surface area contributed by atoms with E-state index in [0.29, 0.717) is 42.8 Å². The Morgan fingerprint density at radius 2 is 1.53 bits per heavy atom. The fraction of sp³-hybridized carbons (Fsp3) is 0.286. The molecule has 0 saturated heterocycles. The van der Waals surface area contributed by atoms with E-state index in [1.54, 1.807) is 24.3 Å². The average Bonchev–Trinajstić information content (AvgIpc) is 2.70. The minimum absolute atomic E-state index is 0.0207. The van der Waals surface area contributed by atoms with Gasteiger partial charge >= 0.3 is 5.97 Å². The normalized spacial score (nSPS) is 10.1. The Labute approximate surface area is 180 Å². The lowest BCUT2D eigenvalue weighted by molar-refractivity contribution is 0.0696. The fourth-order valence-electron chi connectivity index (χ4n) is 2.59. The number of benzene rings is 2. The quantitative estimate of drug-likeness (QED) is 0.515. The molecule has 0 aliphatic heterocycles. The largest absolute Gasteiger partial charge is 0.490 e. The van der Waals surface area contributed by atoms with E-state index in [-0.39, 0.29) is 16.2 Å². The van der Waals surface area contributed by atoms with Crippen molar-refractivity contribution >= 4 is 34.9 Å². The number of anilines is 1. The summed E-state index contributed by atoms with van der Waals surface area (Å²) in [5.74, 6) is -0.322. The van der Waals surface area contributed by atoms with E-state index in [1.165, 1.54) is 12.1 Å². The van der Waals surface area contributed by atoms with E-state index < -0.39 is 11.9 Å². The van der Waals surface area contributed by atoms with E-state index in [1.807, 2.05) is 20.8 Å². The van der Waals surface area contributed by atoms with Gasteiger partial charge in [0, 0.05) is 11.3 Å². The fourth-order valence-corrected chi connectivity index (χ4v) is 2.80. The highest BCUT2D eigenvalue weighted by atomic mass is 32.1. The topological polar surface area (TPSA) is 106 Å². The number of carboxylic acid groups (broad SMARTS) is 1. The van der Waals surface area contributed by atoms with Gasteiger partial charge in [0.15, 0.2) is 16.6 Å². The molecule has 3 N–H and O–H groups in total. The van der Waals surface area contributed by atoms with Gasteiger partial charge in [0.05, 0.1) is 25.4 Å². The molecule has 8 nitrogen and oxygen atoms in total. The third-order valence-electron chi connectivity index (χ3n) is 3.77. The number of ether oxygens (including phenoxy) is 3. The van der Waals surface area contributed by atoms with Crippen molar-refractivity contribution in [3.8, 4) is 17.2 Å². The predicted octanol–water partition coefficient (Wildman–Crippen LogP) is 3.71. The maximum Gasteiger partial charge on any atom is 0.335 e. The number of nitrogens with one attached hydrogen (secondary N) is 2. The van der Waals surface area contributed by atoms with Crippen molar-refractivity contribution in [2.24, 2.45) is 0 Å². The van der Waals surface area contributed by atoms with Gasteiger partial charge in [-0.2, -0.15) is 0 Å². The Balaban J connectivity index is 2.21. The Morgan fingerprint density at radius 3 is 2.07 bits per heavy atom. The Hall–Kier alpha value is -3.33. The van der Waals surface area contributed by atoms with Crippen molar-refractivity contribution < 1.29 is 28.9 Å². The van der Waals surface area contributed by atoms with Crippen LogP contribution in [0.25, 0.3) is 0 Å². The smallest absolute Gasteiger partial charge is 0.335 e. The third kappa shape index (κ3) is 6.08. The molecule has 0 aliphatic carbocycles. The summed E-state index contributed by atoms with van der Waals surface area (Å²) in [6.07, 6.45) is 0. The first-order valence-corrected chi connectivity index (χ1v) is 9.82. The highest BCUT2D eigenvalue weighted by Crippen LogP contribution is 2.39. The second-order valence-corrected chi connectivity index (χ2v) is 6.30. The Bertz CT molecular complexity index is 904. The van der Waals surface area contributed by atoms with Gasteiger partial charge in [-0.15, -0.1) is 0 Å². The molecule has 30 heavy (non-hydrogen) atoms. The van der Waals surface area contributed by atoms with Crippen LogP contribution in [0.15, 0.2) is 36.4 Å². The Morgan fingerprint density at radius 1 is 0.933 bits per heavy atom. The van der Waals surface area contributed by atoms with Crippen LogP contribution in [0.4, 0.5) is 5.69 Å². The molecule has 0 saturated carbocycles. The second kappa shape index (κ2) is 11.0. The summed E-state index contributed by atoms with van der Waals surface area (Å²) in [6, 6.07) is 9.20. The first-order chi connectivity index (χ1) is 14.4. The van der Waals surface area contributed by atoms with Crippen LogP contribution >= 0.6 is 12.2 Å². The second-order valence-electron chi connectivity index (χ2n) is 5.89. The molecule has 0 spiro atoms. The van der Waals surface area contributed by atoms with Gasteiger partial charge in [0.2, 0.25) is 5.75 Å². The lowest BCUT2D eigenvalue weighted by atomic mass is 10.1. The van der Waals surface area contributed by atoms with Crippen LogP contribution in [-0.4, -0.2) is 41.9 Å². The highest BCUT2D eigenvalue weighted by Gasteiger charge is 2.19. The zero-order valence-electron chi connectivity index (χ0n) is 17.0. The van der Waals surface area contributed by atoms with Crippen LogP contribution in [0.5, 0.6) is 17.2 Å². The van der Waals surface area contributed by atoms with Crippen molar-refractivity contribution in [1.82, 2.24) is 5.32 Å². The maximum atomic E-state index is 12.7. The number of rotatable bonds is 9. The predicted molar refractivity (Wildman–Crippen MR) is 117 cm³/mol. The molecule has 2 aromatic rings. The van der Waals surface area contributed by atoms with E-state index in [9.17, 15) is 9.59 Å². The molecule has 9 heteroatoms. The van der Waals surface area contributed by atoms with Crippen LogP contribution in [-0.2, 0) is 0 Å². The first-order valence-electron chi connectivity index (χ1n) is 9.41. The lowest BCUT2D eigenvalue weighted by Gasteiger charge is -2.17. The molecule has 0 bridgehead atoms. The number of carbonyl (C=O) groups excluding carboxylic acids is 1. The third-order valence-corrected chi connectivity index (χ3v) is 3.97. The SMILES string of the molecule is CCOc1cc(C(=O)NC(=S)Nc2cccc(C(=O)O)c2)cc(OCC)c1OCC. The van der Waals surface area contributed by atoms with Crippen molar-refractivity contribution in [2.75, 3.05) is 25.1 Å². The van der Waals surface area contributed by atoms with E-state index in [2.05, 4.69) is 10.6 Å². The van der Waals surface area contributed by atoms with Crippen LogP contribution in [0.2, 0.25) is 0 Å². The van der Waals surface area contributed by atoms with E-state index in [4.69, 9.17) is 31.5 Å². The molecular weight excluding hydrogens is 408 g/mol. The van der Waals surface area contributed by atoms with E-state index in [0.717, 1.165) is 0 Å². The number of carbonyl (C=O) groups is 2. The summed E-state index contributed by atoms with van der Waals surface area (Å²) in [7, 11) is 0. The van der Waals surface area contributed by atoms with Gasteiger partial charge in [0.25, 0.3) is 5.91 Å². The highest BCUT2D eigenvalue weighted by molar-refractivity contribution is 7.80. The molecule has 0 aliphatic rings. The van der Waals surface area contributed by atoms with E-state index >= 15 is 0 Å². The summed E-state index contributed by atoms with van der Waals surface area (Å²) in [4.78, 5) is 23.8. The van der Waals surface area contributed by atoms with Crippen LogP contribution in [0.1, 0.15) is 41.5 Å². The molecule has 0 fully saturated rings. The van der Waals surface area contributed by atoms with Gasteiger partial charge in [-0.3, -0.25) is 10.1 Å². The number of thiocarbonyl (C=S) groups is 1. The standard InChI is InChI=1S/C21H24N2O6S/c1-4-27-16-11-14(12-17(28-5-2)18(16)29-6-3)19(24)23-21(30)22-15-9-7-8-13(10-15)20(25)26/h7-12H,4-6H2,1-3H3,(H,25,26)(H2,22,23,24,30). The monoisotopic (exact) mass is 432 g/mol. The lowest BCUT2D eigenvalue weighted by Crippen LogP contribution is -2.34. The number of hydrogen-bond acceptors (Lipinski definition) is 6. The number of hydrogen-bond donors (Lipinski definition) is 3. The minimum Gasteiger partial charge on any atom is -0.490 e. The zero-order valence-corrected chi connectivity index (χ0v) is 17.8. The van der Waals surface area contributed by atoms with Gasteiger partial charge < -0.3 is 24.6 Å². The van der Waals surface area contributed by atoms with Gasteiger partial charge in [0.1, 0.15) is 0 Å². The minimum atomic E-state index is -1.06. The van der Waals surface area contributed by atoms with Crippen molar-refractivity contribution in [1.29, 1.82) is 0 Å². The number of aromatic carboxylic acids is 1. The molecule has 0 atom stereocenters. The summed E-state index contributed by atoms with van der Waals surface area (Å²) >= 11 is 5.18. The molecule has 0 radical (unpaired) electrons. The summed E-state index contributed by atoms with van der Waals surface area (Å²) in [5, 5.41) is 14.5. The van der Waals surface area contributed by atoms with Crippen molar-refractivity contribution in [3.63, 3.8) is 0 Å². The summed E-state index contributed by atoms with van der Waals surface area (Å²) < 4.78 is 16.9. The Kier molecular flexibility index (Phi) is 8.42. The van der Waals surface area contributed by atoms with Crippen LogP contribution < -0.4 is 24.8 Å². The number of amides is 1. The summed E-state index contributed by atoms with van der Waals surface area (Å²) in [5.41, 5.74) is 0.814. The molecule has 160 valence electrons. The van der Waals surface area contributed by atoms with Gasteiger partial charge in [-0.25, -0.2) is 4.79 Å². The molecule has 0 heterocycles. The van der Waals surface area contributed by atoms with Crippen LogP contribution in [0, 0.1) is 0 Å². The first kappa shape index (κ1) is 23.0. The zero-order chi connectivity index (χ0) is 22.1.